The Morgan fingerprint density at radius 2 is 1.96 bits per heavy atom. The van der Waals surface area contributed by atoms with Crippen molar-refractivity contribution >= 4 is 23.2 Å². The third kappa shape index (κ3) is 7.97. The van der Waals surface area contributed by atoms with Gasteiger partial charge in [-0.3, -0.25) is 4.98 Å². The summed E-state index contributed by atoms with van der Waals surface area (Å²) in [5.74, 6) is 1.30. The van der Waals surface area contributed by atoms with E-state index in [0.29, 0.717) is 17.6 Å². The minimum absolute atomic E-state index is 0.448. The highest BCUT2D eigenvalue weighted by molar-refractivity contribution is 6.30. The summed E-state index contributed by atoms with van der Waals surface area (Å²) >= 11 is 5.99. The zero-order valence-corrected chi connectivity index (χ0v) is 16.2. The monoisotopic (exact) mass is 385 g/mol. The highest BCUT2D eigenvalue weighted by Crippen LogP contribution is 2.22. The SMILES string of the molecule is Cc1ccc(Cl)cc1OCCCCCCN/C(=N\C#N)Nc1ccncc1. The normalized spacial score (nSPS) is 10.9. The number of aromatic nitrogens is 1. The number of hydrogen-bond acceptors (Lipinski definition) is 4. The Morgan fingerprint density at radius 3 is 2.74 bits per heavy atom. The van der Waals surface area contributed by atoms with E-state index >= 15 is 0 Å². The van der Waals surface area contributed by atoms with Crippen molar-refractivity contribution in [1.29, 1.82) is 5.26 Å². The number of hydrogen-bond donors (Lipinski definition) is 2. The van der Waals surface area contributed by atoms with Crippen LogP contribution in [0.3, 0.4) is 0 Å². The van der Waals surface area contributed by atoms with Crippen LogP contribution in [-0.2, 0) is 0 Å². The van der Waals surface area contributed by atoms with E-state index in [1.54, 1.807) is 18.6 Å². The van der Waals surface area contributed by atoms with Crippen LogP contribution in [0.1, 0.15) is 31.2 Å². The van der Waals surface area contributed by atoms with Gasteiger partial charge in [0.1, 0.15) is 5.75 Å². The molecule has 2 aromatic rings. The molecule has 0 saturated heterocycles. The molecule has 0 fully saturated rings. The van der Waals surface area contributed by atoms with Crippen molar-refractivity contribution in [3.8, 4) is 11.9 Å². The molecule has 0 radical (unpaired) electrons. The van der Waals surface area contributed by atoms with E-state index in [2.05, 4.69) is 20.6 Å². The topological polar surface area (TPSA) is 82.3 Å². The van der Waals surface area contributed by atoms with Crippen molar-refractivity contribution in [1.82, 2.24) is 10.3 Å². The summed E-state index contributed by atoms with van der Waals surface area (Å²) in [4.78, 5) is 7.72. The maximum atomic E-state index is 8.79. The number of nitrogens with one attached hydrogen (secondary N) is 2. The molecule has 1 heterocycles. The molecule has 2 N–H and O–H groups in total. The van der Waals surface area contributed by atoms with Crippen LogP contribution in [-0.4, -0.2) is 24.1 Å². The van der Waals surface area contributed by atoms with Gasteiger partial charge in [0.05, 0.1) is 6.61 Å². The number of rotatable bonds is 9. The van der Waals surface area contributed by atoms with Crippen LogP contribution in [0.5, 0.6) is 5.75 Å². The molecule has 142 valence electrons. The minimum Gasteiger partial charge on any atom is -0.493 e. The van der Waals surface area contributed by atoms with Gasteiger partial charge in [0.2, 0.25) is 12.2 Å². The van der Waals surface area contributed by atoms with Gasteiger partial charge < -0.3 is 15.4 Å². The van der Waals surface area contributed by atoms with E-state index in [9.17, 15) is 0 Å². The number of anilines is 1. The third-order valence-corrected chi connectivity index (χ3v) is 4.11. The summed E-state index contributed by atoms with van der Waals surface area (Å²) in [6.45, 7) is 3.43. The number of pyridine rings is 1. The van der Waals surface area contributed by atoms with Gasteiger partial charge in [-0.25, -0.2) is 0 Å². The largest absolute Gasteiger partial charge is 0.493 e. The Bertz CT molecular complexity index is 774. The van der Waals surface area contributed by atoms with E-state index in [0.717, 1.165) is 49.2 Å². The van der Waals surface area contributed by atoms with Crippen molar-refractivity contribution in [3.63, 3.8) is 0 Å². The summed E-state index contributed by atoms with van der Waals surface area (Å²) < 4.78 is 5.79. The fourth-order valence-electron chi connectivity index (χ4n) is 2.43. The van der Waals surface area contributed by atoms with Gasteiger partial charge in [0.25, 0.3) is 0 Å². The first-order valence-corrected chi connectivity index (χ1v) is 9.33. The molecular formula is C20H24ClN5O. The number of aryl methyl sites for hydroxylation is 1. The smallest absolute Gasteiger partial charge is 0.211 e. The van der Waals surface area contributed by atoms with E-state index < -0.39 is 0 Å². The fourth-order valence-corrected chi connectivity index (χ4v) is 2.59. The minimum atomic E-state index is 0.448. The van der Waals surface area contributed by atoms with Gasteiger partial charge >= 0.3 is 0 Å². The van der Waals surface area contributed by atoms with Crippen LogP contribution in [0.2, 0.25) is 5.02 Å². The first kappa shape index (κ1) is 20.5. The first-order chi connectivity index (χ1) is 13.2. The molecule has 7 heteroatoms. The van der Waals surface area contributed by atoms with Crippen molar-refractivity contribution in [2.75, 3.05) is 18.5 Å². The molecule has 0 amide bonds. The summed E-state index contributed by atoms with van der Waals surface area (Å²) in [6, 6.07) is 9.31. The number of unbranched alkanes of at least 4 members (excludes halogenated alkanes) is 3. The maximum Gasteiger partial charge on any atom is 0.211 e. The average Bonchev–Trinajstić information content (AvgIpc) is 2.67. The van der Waals surface area contributed by atoms with E-state index in [4.69, 9.17) is 21.6 Å². The predicted octanol–water partition coefficient (Wildman–Crippen LogP) is 4.52. The molecule has 0 aliphatic carbocycles. The molecule has 6 nitrogen and oxygen atoms in total. The molecule has 0 unspecified atom stereocenters. The summed E-state index contributed by atoms with van der Waals surface area (Å²) in [7, 11) is 0. The van der Waals surface area contributed by atoms with Gasteiger partial charge in [-0.15, -0.1) is 4.99 Å². The van der Waals surface area contributed by atoms with Crippen molar-refractivity contribution in [3.05, 3.63) is 53.3 Å². The average molecular weight is 386 g/mol. The standard InChI is InChI=1S/C20H24ClN5O/c1-16-6-7-17(21)14-19(16)27-13-5-3-2-4-10-24-20(25-15-22)26-18-8-11-23-12-9-18/h6-9,11-12,14H,2-5,10,13H2,1H3,(H2,23,24,25,26). The Labute approximate surface area is 165 Å². The lowest BCUT2D eigenvalue weighted by Gasteiger charge is -2.11. The first-order valence-electron chi connectivity index (χ1n) is 8.95. The molecular weight excluding hydrogens is 362 g/mol. The van der Waals surface area contributed by atoms with Gasteiger partial charge in [0, 0.05) is 29.6 Å². The summed E-state index contributed by atoms with van der Waals surface area (Å²) in [5.41, 5.74) is 1.93. The highest BCUT2D eigenvalue weighted by atomic mass is 35.5. The Morgan fingerprint density at radius 1 is 1.19 bits per heavy atom. The number of nitriles is 1. The van der Waals surface area contributed by atoms with Crippen LogP contribution in [0.15, 0.2) is 47.7 Å². The van der Waals surface area contributed by atoms with E-state index in [1.165, 1.54) is 0 Å². The van der Waals surface area contributed by atoms with E-state index in [1.807, 2.05) is 37.3 Å². The lowest BCUT2D eigenvalue weighted by molar-refractivity contribution is 0.303. The van der Waals surface area contributed by atoms with Crippen LogP contribution in [0.4, 0.5) is 5.69 Å². The Balaban J connectivity index is 1.58. The number of guanidine groups is 1. The number of ether oxygens (including phenoxy) is 1. The van der Waals surface area contributed by atoms with Crippen molar-refractivity contribution in [2.45, 2.75) is 32.6 Å². The number of aliphatic imine (C=N–C) groups is 1. The zero-order valence-electron chi connectivity index (χ0n) is 15.4. The van der Waals surface area contributed by atoms with Crippen molar-refractivity contribution < 1.29 is 4.74 Å². The number of benzene rings is 1. The second kappa shape index (κ2) is 11.8. The molecule has 1 aromatic carbocycles. The quantitative estimate of drug-likeness (QED) is 0.287. The Kier molecular flexibility index (Phi) is 8.94. The molecule has 0 saturated carbocycles. The summed E-state index contributed by atoms with van der Waals surface area (Å²) in [6.07, 6.45) is 9.28. The molecule has 1 aromatic heterocycles. The molecule has 0 aliphatic heterocycles. The fraction of sp³-hybridized carbons (Fsp3) is 0.350. The van der Waals surface area contributed by atoms with Crippen LogP contribution in [0, 0.1) is 18.4 Å². The zero-order chi connectivity index (χ0) is 19.3. The van der Waals surface area contributed by atoms with Crippen molar-refractivity contribution in [2.24, 2.45) is 4.99 Å². The molecule has 2 rings (SSSR count). The summed E-state index contributed by atoms with van der Waals surface area (Å²) in [5, 5.41) is 15.7. The third-order valence-electron chi connectivity index (χ3n) is 3.88. The van der Waals surface area contributed by atoms with Gasteiger partial charge in [-0.2, -0.15) is 5.26 Å². The van der Waals surface area contributed by atoms with Gasteiger partial charge in [-0.05, 0) is 49.6 Å². The highest BCUT2D eigenvalue weighted by Gasteiger charge is 2.01. The van der Waals surface area contributed by atoms with Crippen LogP contribution in [0.25, 0.3) is 0 Å². The maximum absolute atomic E-state index is 8.79. The number of halogens is 1. The molecule has 27 heavy (non-hydrogen) atoms. The van der Waals surface area contributed by atoms with Crippen LogP contribution < -0.4 is 15.4 Å². The van der Waals surface area contributed by atoms with Gasteiger partial charge in [-0.1, -0.05) is 30.5 Å². The molecule has 0 aliphatic rings. The second-order valence-corrected chi connectivity index (χ2v) is 6.46. The Hall–Kier alpha value is -2.78. The predicted molar refractivity (Wildman–Crippen MR) is 109 cm³/mol. The van der Waals surface area contributed by atoms with E-state index in [-0.39, 0.29) is 0 Å². The lowest BCUT2D eigenvalue weighted by atomic mass is 10.2. The lowest BCUT2D eigenvalue weighted by Crippen LogP contribution is -2.31. The molecule has 0 atom stereocenters. The number of nitrogens with zero attached hydrogens (tertiary/aromatic N) is 3. The second-order valence-electron chi connectivity index (χ2n) is 6.02. The van der Waals surface area contributed by atoms with Crippen LogP contribution >= 0.6 is 11.6 Å². The van der Waals surface area contributed by atoms with Gasteiger partial charge in [0.15, 0.2) is 0 Å². The molecule has 0 spiro atoms. The molecule has 0 bridgehead atoms.